The van der Waals surface area contributed by atoms with Crippen molar-refractivity contribution in [2.75, 3.05) is 0 Å². The van der Waals surface area contributed by atoms with Crippen molar-refractivity contribution in [2.24, 2.45) is 0 Å². The monoisotopic (exact) mass is 158 g/mol. The Bertz CT molecular complexity index is 222. The van der Waals surface area contributed by atoms with Gasteiger partial charge in [-0.25, -0.2) is 8.78 Å². The van der Waals surface area contributed by atoms with E-state index in [0.717, 1.165) is 13.0 Å². The lowest BCUT2D eigenvalue weighted by atomic mass is 10.1. The quantitative estimate of drug-likeness (QED) is 0.455. The van der Waals surface area contributed by atoms with Crippen molar-refractivity contribution in [3.05, 3.63) is 36.5 Å². The zero-order valence-electron chi connectivity index (χ0n) is 6.16. The topological polar surface area (TPSA) is 17.1 Å². The Morgan fingerprint density at radius 3 is 2.00 bits per heavy atom. The minimum Gasteiger partial charge on any atom is -0.294 e. The molecular weight excluding hydrogens is 150 g/mol. The first-order valence-electron chi connectivity index (χ1n) is 2.88. The maximum atomic E-state index is 12.5. The molecule has 0 aliphatic carbocycles. The second kappa shape index (κ2) is 3.81. The summed E-state index contributed by atoms with van der Waals surface area (Å²) in [6.07, 6.45) is 0.765. The minimum atomic E-state index is -1.07. The van der Waals surface area contributed by atoms with E-state index in [2.05, 4.69) is 13.2 Å². The number of hydrogen-bond donors (Lipinski definition) is 0. The fourth-order valence-corrected chi connectivity index (χ4v) is 0.591. The van der Waals surface area contributed by atoms with Crippen LogP contribution in [0.15, 0.2) is 36.5 Å². The molecule has 60 valence electrons. The van der Waals surface area contributed by atoms with Gasteiger partial charge in [0.2, 0.25) is 0 Å². The lowest BCUT2D eigenvalue weighted by molar-refractivity contribution is -0.113. The van der Waals surface area contributed by atoms with Gasteiger partial charge in [0.1, 0.15) is 11.7 Å². The van der Waals surface area contributed by atoms with Gasteiger partial charge in [0.15, 0.2) is 5.78 Å². The summed E-state index contributed by atoms with van der Waals surface area (Å²) in [5.74, 6) is -2.75. The Hall–Kier alpha value is -1.25. The van der Waals surface area contributed by atoms with Crippen molar-refractivity contribution in [1.29, 1.82) is 0 Å². The third kappa shape index (κ3) is 2.45. The van der Waals surface area contributed by atoms with Gasteiger partial charge in [-0.15, -0.1) is 0 Å². The van der Waals surface area contributed by atoms with Crippen LogP contribution >= 0.6 is 0 Å². The van der Waals surface area contributed by atoms with Crippen LogP contribution in [0.3, 0.4) is 0 Å². The van der Waals surface area contributed by atoms with E-state index in [-0.39, 0.29) is 0 Å². The van der Waals surface area contributed by atoms with Gasteiger partial charge in [0.05, 0.1) is 5.57 Å². The molecule has 1 nitrogen and oxygen atoms in total. The number of halogens is 2. The zero-order chi connectivity index (χ0) is 9.02. The molecule has 0 fully saturated rings. The van der Waals surface area contributed by atoms with Crippen LogP contribution < -0.4 is 0 Å². The van der Waals surface area contributed by atoms with Gasteiger partial charge in [-0.1, -0.05) is 13.2 Å². The predicted octanol–water partition coefficient (Wildman–Crippen LogP) is 2.47. The van der Waals surface area contributed by atoms with Gasteiger partial charge < -0.3 is 0 Å². The molecular formula is C8H8F2O. The summed E-state index contributed by atoms with van der Waals surface area (Å²) in [4.78, 5) is 10.5. The summed E-state index contributed by atoms with van der Waals surface area (Å²) in [5, 5.41) is 0. The number of ketones is 1. The Morgan fingerprint density at radius 1 is 1.45 bits per heavy atom. The summed E-state index contributed by atoms with van der Waals surface area (Å²) in [6.45, 7) is 6.92. The molecule has 11 heavy (non-hydrogen) atoms. The molecule has 0 aliphatic heterocycles. The number of hydrogen-bond acceptors (Lipinski definition) is 1. The van der Waals surface area contributed by atoms with Crippen LogP contribution in [0, 0.1) is 0 Å². The van der Waals surface area contributed by atoms with E-state index < -0.39 is 23.0 Å². The highest BCUT2D eigenvalue weighted by Gasteiger charge is 2.12. The SMILES string of the molecule is C=C/C(F)=C(\C(=C)F)C(C)=O. The maximum Gasteiger partial charge on any atom is 0.165 e. The highest BCUT2D eigenvalue weighted by atomic mass is 19.1. The van der Waals surface area contributed by atoms with Crippen LogP contribution in [0.2, 0.25) is 0 Å². The highest BCUT2D eigenvalue weighted by molar-refractivity contribution is 5.97. The van der Waals surface area contributed by atoms with Gasteiger partial charge in [0, 0.05) is 0 Å². The number of allylic oxidation sites excluding steroid dienone is 4. The predicted molar refractivity (Wildman–Crippen MR) is 39.3 cm³/mol. The van der Waals surface area contributed by atoms with Gasteiger partial charge in [-0.3, -0.25) is 4.79 Å². The average molecular weight is 158 g/mol. The van der Waals surface area contributed by atoms with Crippen LogP contribution in [0.5, 0.6) is 0 Å². The van der Waals surface area contributed by atoms with E-state index in [9.17, 15) is 13.6 Å². The molecule has 3 heteroatoms. The Morgan fingerprint density at radius 2 is 1.91 bits per heavy atom. The number of carbonyl (C=O) groups excluding carboxylic acids is 1. The van der Waals surface area contributed by atoms with E-state index in [0.29, 0.717) is 0 Å². The molecule has 0 atom stereocenters. The Kier molecular flexibility index (Phi) is 3.37. The lowest BCUT2D eigenvalue weighted by Crippen LogP contribution is -1.98. The smallest absolute Gasteiger partial charge is 0.165 e. The molecule has 0 aromatic heterocycles. The first kappa shape index (κ1) is 9.75. The molecule has 0 rings (SSSR count). The maximum absolute atomic E-state index is 12.5. The molecule has 0 aromatic rings. The van der Waals surface area contributed by atoms with Crippen LogP contribution in [0.4, 0.5) is 8.78 Å². The highest BCUT2D eigenvalue weighted by Crippen LogP contribution is 2.17. The molecule has 0 saturated carbocycles. The van der Waals surface area contributed by atoms with Crippen molar-refractivity contribution < 1.29 is 13.6 Å². The zero-order valence-corrected chi connectivity index (χ0v) is 6.16. The van der Waals surface area contributed by atoms with Crippen LogP contribution in [-0.4, -0.2) is 5.78 Å². The summed E-state index contributed by atoms with van der Waals surface area (Å²) < 4.78 is 24.8. The summed E-state index contributed by atoms with van der Waals surface area (Å²) in [7, 11) is 0. The fourth-order valence-electron chi connectivity index (χ4n) is 0.591. The van der Waals surface area contributed by atoms with Crippen LogP contribution in [0.1, 0.15) is 6.92 Å². The Balaban J connectivity index is 5.04. The molecule has 0 spiro atoms. The van der Waals surface area contributed by atoms with Gasteiger partial charge in [-0.2, -0.15) is 0 Å². The Labute approximate surface area is 63.7 Å². The minimum absolute atomic E-state index is 0.639. The van der Waals surface area contributed by atoms with Crippen molar-refractivity contribution in [3.63, 3.8) is 0 Å². The summed E-state index contributed by atoms with van der Waals surface area (Å²) in [5.41, 5.74) is -0.639. The average Bonchev–Trinajstić information content (AvgIpc) is 1.85. The summed E-state index contributed by atoms with van der Waals surface area (Å²) in [6, 6.07) is 0. The number of Topliss-reactive ketones (excluding diaryl/α,β-unsaturated/α-hetero) is 1. The van der Waals surface area contributed by atoms with Crippen molar-refractivity contribution in [1.82, 2.24) is 0 Å². The molecule has 0 saturated heterocycles. The first-order valence-corrected chi connectivity index (χ1v) is 2.88. The van der Waals surface area contributed by atoms with E-state index in [1.54, 1.807) is 0 Å². The van der Waals surface area contributed by atoms with E-state index in [4.69, 9.17) is 0 Å². The van der Waals surface area contributed by atoms with E-state index in [1.807, 2.05) is 0 Å². The second-order valence-corrected chi connectivity index (χ2v) is 1.89. The molecule has 0 amide bonds. The molecule has 0 aromatic carbocycles. The molecule has 0 radical (unpaired) electrons. The van der Waals surface area contributed by atoms with Crippen molar-refractivity contribution in [3.8, 4) is 0 Å². The number of rotatable bonds is 3. The largest absolute Gasteiger partial charge is 0.294 e. The van der Waals surface area contributed by atoms with Crippen molar-refractivity contribution in [2.45, 2.75) is 6.92 Å². The standard InChI is InChI=1S/C8H8F2O/c1-4-7(10)8(5(2)9)6(3)11/h4H,1-2H2,3H3/b8-7-. The number of carbonyl (C=O) groups is 1. The fraction of sp³-hybridized carbons (Fsp3) is 0.125. The van der Waals surface area contributed by atoms with Gasteiger partial charge in [-0.05, 0) is 13.0 Å². The second-order valence-electron chi connectivity index (χ2n) is 1.89. The molecule has 0 N–H and O–H groups in total. The van der Waals surface area contributed by atoms with Crippen LogP contribution in [-0.2, 0) is 4.79 Å². The van der Waals surface area contributed by atoms with Crippen LogP contribution in [0.25, 0.3) is 0 Å². The third-order valence-electron chi connectivity index (χ3n) is 1.04. The molecule has 0 aliphatic rings. The summed E-state index contributed by atoms with van der Waals surface area (Å²) >= 11 is 0. The van der Waals surface area contributed by atoms with Gasteiger partial charge in [0.25, 0.3) is 0 Å². The molecule has 0 bridgehead atoms. The first-order chi connectivity index (χ1) is 5.00. The van der Waals surface area contributed by atoms with Crippen molar-refractivity contribution >= 4 is 5.78 Å². The van der Waals surface area contributed by atoms with E-state index in [1.165, 1.54) is 0 Å². The van der Waals surface area contributed by atoms with Gasteiger partial charge >= 0.3 is 0 Å². The third-order valence-corrected chi connectivity index (χ3v) is 1.04. The molecule has 0 heterocycles. The molecule has 0 unspecified atom stereocenters. The lowest BCUT2D eigenvalue weighted by Gasteiger charge is -1.97. The normalized spacial score (nSPS) is 11.9. The van der Waals surface area contributed by atoms with E-state index >= 15 is 0 Å².